The van der Waals surface area contributed by atoms with Gasteiger partial charge in [-0.3, -0.25) is 4.79 Å². The third-order valence-electron chi connectivity index (χ3n) is 4.95. The molecule has 8 heteroatoms. The van der Waals surface area contributed by atoms with Crippen LogP contribution in [0.1, 0.15) is 32.1 Å². The summed E-state index contributed by atoms with van der Waals surface area (Å²) in [7, 11) is 0. The third kappa shape index (κ3) is 5.05. The number of thiazole rings is 1. The number of rotatable bonds is 4. The molecule has 0 atom stereocenters. The van der Waals surface area contributed by atoms with Crippen LogP contribution in [-0.2, 0) is 4.79 Å². The number of fused-ring (bicyclic) bond motifs is 1. The Labute approximate surface area is 177 Å². The lowest BCUT2D eigenvalue weighted by Crippen LogP contribution is -2.24. The molecule has 0 saturated heterocycles. The van der Waals surface area contributed by atoms with Crippen LogP contribution in [0.5, 0.6) is 0 Å². The highest BCUT2D eigenvalue weighted by molar-refractivity contribution is 7.22. The molecule has 2 aromatic carbocycles. The Balaban J connectivity index is 1.40. The lowest BCUT2D eigenvalue weighted by molar-refractivity contribution is -0.120. The molecule has 0 spiro atoms. The first-order valence-electron chi connectivity index (χ1n) is 9.62. The normalized spacial score (nSPS) is 14.5. The van der Waals surface area contributed by atoms with Gasteiger partial charge in [-0.25, -0.2) is 9.78 Å². The Bertz CT molecular complexity index is 1030. The van der Waals surface area contributed by atoms with Crippen molar-refractivity contribution in [3.05, 3.63) is 47.5 Å². The Morgan fingerprint density at radius 3 is 2.38 bits per heavy atom. The monoisotopic (exact) mass is 428 g/mol. The van der Waals surface area contributed by atoms with Gasteiger partial charge in [-0.1, -0.05) is 42.2 Å². The van der Waals surface area contributed by atoms with Crippen LogP contribution < -0.4 is 16.0 Å². The zero-order valence-electron chi connectivity index (χ0n) is 15.7. The van der Waals surface area contributed by atoms with Crippen LogP contribution in [0.25, 0.3) is 10.2 Å². The molecule has 4 rings (SSSR count). The van der Waals surface area contributed by atoms with Gasteiger partial charge >= 0.3 is 6.03 Å². The molecule has 1 fully saturated rings. The number of amides is 3. The van der Waals surface area contributed by atoms with E-state index in [9.17, 15) is 9.59 Å². The minimum atomic E-state index is -0.354. The van der Waals surface area contributed by atoms with Crippen molar-refractivity contribution < 1.29 is 9.59 Å². The van der Waals surface area contributed by atoms with Gasteiger partial charge in [-0.2, -0.15) is 0 Å². The molecule has 1 heterocycles. The Hall–Kier alpha value is -2.64. The van der Waals surface area contributed by atoms with Crippen molar-refractivity contribution in [2.24, 2.45) is 5.92 Å². The molecule has 3 aromatic rings. The average Bonchev–Trinajstić information content (AvgIpc) is 3.12. The van der Waals surface area contributed by atoms with Gasteiger partial charge in [0.2, 0.25) is 5.91 Å². The van der Waals surface area contributed by atoms with Gasteiger partial charge in [0.25, 0.3) is 0 Å². The van der Waals surface area contributed by atoms with Crippen LogP contribution in [-0.4, -0.2) is 16.9 Å². The molecule has 1 saturated carbocycles. The van der Waals surface area contributed by atoms with Crippen molar-refractivity contribution in [1.82, 2.24) is 4.98 Å². The standard InChI is InChI=1S/C21H21ClN4O2S/c22-14-6-8-15(9-7-14)23-20(28)24-16-10-11-18-17(12-16)25-21(29-18)26-19(27)13-4-2-1-3-5-13/h6-13H,1-5H2,(H2,23,24,28)(H,25,26,27). The predicted molar refractivity (Wildman–Crippen MR) is 119 cm³/mol. The third-order valence-corrected chi connectivity index (χ3v) is 6.16. The van der Waals surface area contributed by atoms with Gasteiger partial charge in [-0.05, 0) is 55.3 Å². The quantitative estimate of drug-likeness (QED) is 0.468. The number of carbonyl (C=O) groups is 2. The molecule has 3 amide bonds. The summed E-state index contributed by atoms with van der Waals surface area (Å²) < 4.78 is 0.951. The van der Waals surface area contributed by atoms with Gasteiger partial charge in [0.05, 0.1) is 10.2 Å². The van der Waals surface area contributed by atoms with Gasteiger partial charge in [0.1, 0.15) is 0 Å². The summed E-state index contributed by atoms with van der Waals surface area (Å²) >= 11 is 7.29. The summed E-state index contributed by atoms with van der Waals surface area (Å²) in [6, 6.07) is 12.0. The lowest BCUT2D eigenvalue weighted by atomic mass is 9.89. The van der Waals surface area contributed by atoms with Gasteiger partial charge in [-0.15, -0.1) is 0 Å². The molecule has 150 valence electrons. The maximum Gasteiger partial charge on any atom is 0.323 e. The number of carbonyl (C=O) groups excluding carboxylic acids is 2. The first-order valence-corrected chi connectivity index (χ1v) is 10.8. The van der Waals surface area contributed by atoms with E-state index in [1.165, 1.54) is 17.8 Å². The van der Waals surface area contributed by atoms with E-state index < -0.39 is 0 Å². The molecule has 0 unspecified atom stereocenters. The second-order valence-electron chi connectivity index (χ2n) is 7.11. The minimum absolute atomic E-state index is 0.0597. The minimum Gasteiger partial charge on any atom is -0.308 e. The molecule has 0 bridgehead atoms. The second-order valence-corrected chi connectivity index (χ2v) is 8.58. The maximum absolute atomic E-state index is 12.4. The first-order chi connectivity index (χ1) is 14.1. The maximum atomic E-state index is 12.4. The molecule has 1 aliphatic rings. The summed E-state index contributed by atoms with van der Waals surface area (Å²) in [4.78, 5) is 29.1. The predicted octanol–water partition coefficient (Wildman–Crippen LogP) is 6.11. The fourth-order valence-corrected chi connectivity index (χ4v) is 4.43. The van der Waals surface area contributed by atoms with Crippen molar-refractivity contribution in [3.8, 4) is 0 Å². The molecule has 0 aliphatic heterocycles. The number of benzene rings is 2. The van der Waals surface area contributed by atoms with Crippen molar-refractivity contribution in [3.63, 3.8) is 0 Å². The van der Waals surface area contributed by atoms with Crippen molar-refractivity contribution >= 4 is 61.6 Å². The highest BCUT2D eigenvalue weighted by atomic mass is 35.5. The van der Waals surface area contributed by atoms with Gasteiger partial charge in [0, 0.05) is 22.3 Å². The Morgan fingerprint density at radius 2 is 1.62 bits per heavy atom. The molecule has 0 radical (unpaired) electrons. The van der Waals surface area contributed by atoms with Crippen LogP contribution in [0.15, 0.2) is 42.5 Å². The zero-order chi connectivity index (χ0) is 20.2. The number of urea groups is 1. The molecule has 29 heavy (non-hydrogen) atoms. The first kappa shape index (κ1) is 19.7. The SMILES string of the molecule is O=C(Nc1ccc(Cl)cc1)Nc1ccc2sc(NC(=O)C3CCCCC3)nc2c1. The number of hydrogen-bond donors (Lipinski definition) is 3. The Morgan fingerprint density at radius 1 is 0.931 bits per heavy atom. The summed E-state index contributed by atoms with van der Waals surface area (Å²) in [6.45, 7) is 0. The van der Waals surface area contributed by atoms with E-state index in [1.54, 1.807) is 30.3 Å². The van der Waals surface area contributed by atoms with E-state index in [1.807, 2.05) is 12.1 Å². The van der Waals surface area contributed by atoms with E-state index in [0.29, 0.717) is 21.5 Å². The average molecular weight is 429 g/mol. The molecule has 3 N–H and O–H groups in total. The molecular weight excluding hydrogens is 408 g/mol. The summed E-state index contributed by atoms with van der Waals surface area (Å²) in [5, 5.41) is 9.70. The lowest BCUT2D eigenvalue weighted by Gasteiger charge is -2.19. The van der Waals surface area contributed by atoms with Crippen molar-refractivity contribution in [1.29, 1.82) is 0 Å². The molecular formula is C21H21ClN4O2S. The molecule has 6 nitrogen and oxygen atoms in total. The smallest absolute Gasteiger partial charge is 0.308 e. The van der Waals surface area contributed by atoms with E-state index >= 15 is 0 Å². The van der Waals surface area contributed by atoms with Gasteiger partial charge in [0.15, 0.2) is 5.13 Å². The topological polar surface area (TPSA) is 83.1 Å². The number of halogens is 1. The molecule has 1 aliphatic carbocycles. The summed E-state index contributed by atoms with van der Waals surface area (Å²) in [5.41, 5.74) is 2.01. The highest BCUT2D eigenvalue weighted by Crippen LogP contribution is 2.30. The largest absolute Gasteiger partial charge is 0.323 e. The van der Waals surface area contributed by atoms with Crippen LogP contribution in [0, 0.1) is 5.92 Å². The Kier molecular flexibility index (Phi) is 5.97. The number of nitrogens with one attached hydrogen (secondary N) is 3. The number of hydrogen-bond acceptors (Lipinski definition) is 4. The number of aromatic nitrogens is 1. The molecule has 1 aromatic heterocycles. The number of anilines is 3. The fourth-order valence-electron chi connectivity index (χ4n) is 3.46. The van der Waals surface area contributed by atoms with Crippen LogP contribution in [0.3, 0.4) is 0 Å². The van der Waals surface area contributed by atoms with Gasteiger partial charge < -0.3 is 16.0 Å². The second kappa shape index (κ2) is 8.80. The van der Waals surface area contributed by atoms with Crippen LogP contribution in [0.4, 0.5) is 21.3 Å². The van der Waals surface area contributed by atoms with E-state index in [2.05, 4.69) is 20.9 Å². The highest BCUT2D eigenvalue weighted by Gasteiger charge is 2.22. The fraction of sp³-hybridized carbons (Fsp3) is 0.286. The number of nitrogens with zero attached hydrogens (tertiary/aromatic N) is 1. The van der Waals surface area contributed by atoms with E-state index in [4.69, 9.17) is 11.6 Å². The van der Waals surface area contributed by atoms with E-state index in [-0.39, 0.29) is 17.9 Å². The summed E-state index contributed by atoms with van der Waals surface area (Å²) in [6.07, 6.45) is 5.35. The zero-order valence-corrected chi connectivity index (χ0v) is 17.3. The van der Waals surface area contributed by atoms with Crippen molar-refractivity contribution in [2.75, 3.05) is 16.0 Å². The van der Waals surface area contributed by atoms with Crippen LogP contribution in [0.2, 0.25) is 5.02 Å². The van der Waals surface area contributed by atoms with Crippen molar-refractivity contribution in [2.45, 2.75) is 32.1 Å². The van der Waals surface area contributed by atoms with E-state index in [0.717, 1.165) is 35.9 Å². The van der Waals surface area contributed by atoms with Crippen LogP contribution >= 0.6 is 22.9 Å². The summed E-state index contributed by atoms with van der Waals surface area (Å²) in [5.74, 6) is 0.147.